The first-order valence-electron chi connectivity index (χ1n) is 7.81. The van der Waals surface area contributed by atoms with Gasteiger partial charge in [-0.15, -0.1) is 11.3 Å². The van der Waals surface area contributed by atoms with Crippen molar-refractivity contribution in [1.29, 1.82) is 0 Å². The number of aryl methyl sites for hydroxylation is 1. The summed E-state index contributed by atoms with van der Waals surface area (Å²) in [5.74, 6) is -0.347. The number of nitrogens with two attached hydrogens (primary N) is 1. The second-order valence-corrected chi connectivity index (χ2v) is 8.35. The Balaban J connectivity index is 1.88. The van der Waals surface area contributed by atoms with Gasteiger partial charge in [0.15, 0.2) is 4.21 Å². The standard InChI is InChI=1S/C18H16N2O5S2/c1-12-9-14(24-17(18(19)21)13-4-6-20-7-5-13)11-15(10-12)25-27(22,23)16-3-2-8-26-16/h2-11,17H,1H3,(H2,19,21). The van der Waals surface area contributed by atoms with E-state index in [9.17, 15) is 13.2 Å². The van der Waals surface area contributed by atoms with Gasteiger partial charge in [0.2, 0.25) is 6.10 Å². The zero-order chi connectivity index (χ0) is 19.4. The lowest BCUT2D eigenvalue weighted by Crippen LogP contribution is -2.26. The van der Waals surface area contributed by atoms with E-state index >= 15 is 0 Å². The quantitative estimate of drug-likeness (QED) is 0.607. The lowest BCUT2D eigenvalue weighted by molar-refractivity contribution is -0.125. The number of thiophene rings is 1. The first-order valence-corrected chi connectivity index (χ1v) is 10.1. The zero-order valence-corrected chi connectivity index (χ0v) is 15.9. The Morgan fingerprint density at radius 2 is 1.85 bits per heavy atom. The van der Waals surface area contributed by atoms with Crippen LogP contribution in [0.5, 0.6) is 11.5 Å². The average molecular weight is 404 g/mol. The molecule has 1 unspecified atom stereocenters. The maximum atomic E-state index is 12.3. The third kappa shape index (κ3) is 4.63. The number of amides is 1. The Labute approximate surface area is 160 Å². The Morgan fingerprint density at radius 1 is 1.15 bits per heavy atom. The molecule has 7 nitrogen and oxygen atoms in total. The van der Waals surface area contributed by atoms with Crippen LogP contribution in [0.15, 0.2) is 64.4 Å². The van der Waals surface area contributed by atoms with Crippen LogP contribution in [0.25, 0.3) is 0 Å². The van der Waals surface area contributed by atoms with Crippen molar-refractivity contribution in [2.45, 2.75) is 17.2 Å². The first kappa shape index (κ1) is 18.9. The molecule has 2 N–H and O–H groups in total. The number of primary amides is 1. The van der Waals surface area contributed by atoms with Gasteiger partial charge in [-0.25, -0.2) is 0 Å². The molecule has 0 saturated carbocycles. The van der Waals surface area contributed by atoms with E-state index in [1.807, 2.05) is 0 Å². The van der Waals surface area contributed by atoms with E-state index in [-0.39, 0.29) is 15.7 Å². The number of carbonyl (C=O) groups is 1. The summed E-state index contributed by atoms with van der Waals surface area (Å²) in [4.78, 5) is 15.7. The second-order valence-electron chi connectivity index (χ2n) is 5.63. The molecule has 27 heavy (non-hydrogen) atoms. The normalized spacial score (nSPS) is 12.3. The van der Waals surface area contributed by atoms with Crippen LogP contribution in [0.4, 0.5) is 0 Å². The van der Waals surface area contributed by atoms with Gasteiger partial charge in [-0.05, 0) is 48.2 Å². The third-order valence-electron chi connectivity index (χ3n) is 3.49. The van der Waals surface area contributed by atoms with Gasteiger partial charge in [-0.2, -0.15) is 8.42 Å². The second kappa shape index (κ2) is 7.77. The maximum Gasteiger partial charge on any atom is 0.348 e. The van der Waals surface area contributed by atoms with Crippen LogP contribution < -0.4 is 14.7 Å². The van der Waals surface area contributed by atoms with Gasteiger partial charge in [0, 0.05) is 24.0 Å². The van der Waals surface area contributed by atoms with Crippen LogP contribution in [0.3, 0.4) is 0 Å². The summed E-state index contributed by atoms with van der Waals surface area (Å²) in [5, 5.41) is 1.65. The molecule has 3 aromatic rings. The van der Waals surface area contributed by atoms with E-state index in [0.29, 0.717) is 11.1 Å². The molecule has 0 fully saturated rings. The van der Waals surface area contributed by atoms with Gasteiger partial charge in [0.1, 0.15) is 11.5 Å². The molecule has 1 atom stereocenters. The van der Waals surface area contributed by atoms with Gasteiger partial charge < -0.3 is 14.7 Å². The Bertz CT molecular complexity index is 1030. The van der Waals surface area contributed by atoms with Crippen molar-refractivity contribution in [2.24, 2.45) is 5.73 Å². The fourth-order valence-corrected chi connectivity index (χ4v) is 4.23. The van der Waals surface area contributed by atoms with Crippen LogP contribution in [-0.4, -0.2) is 19.3 Å². The van der Waals surface area contributed by atoms with E-state index in [4.69, 9.17) is 14.7 Å². The molecule has 2 heterocycles. The predicted molar refractivity (Wildman–Crippen MR) is 100 cm³/mol. The highest BCUT2D eigenvalue weighted by atomic mass is 32.3. The highest BCUT2D eigenvalue weighted by molar-refractivity contribution is 7.89. The van der Waals surface area contributed by atoms with E-state index in [1.54, 1.807) is 42.6 Å². The molecule has 1 amide bonds. The van der Waals surface area contributed by atoms with Crippen molar-refractivity contribution in [2.75, 3.05) is 0 Å². The maximum absolute atomic E-state index is 12.3. The van der Waals surface area contributed by atoms with Crippen LogP contribution in [0, 0.1) is 6.92 Å². The number of carbonyl (C=O) groups excluding carboxylic acids is 1. The molecular weight excluding hydrogens is 388 g/mol. The van der Waals surface area contributed by atoms with Crippen molar-refractivity contribution in [3.63, 3.8) is 0 Å². The summed E-state index contributed by atoms with van der Waals surface area (Å²) in [7, 11) is -3.94. The molecule has 0 aliphatic rings. The average Bonchev–Trinajstić information content (AvgIpc) is 3.15. The van der Waals surface area contributed by atoms with E-state index in [0.717, 1.165) is 11.3 Å². The molecule has 0 aliphatic carbocycles. The highest BCUT2D eigenvalue weighted by Crippen LogP contribution is 2.29. The largest absolute Gasteiger partial charge is 0.476 e. The number of rotatable bonds is 7. The molecule has 3 rings (SSSR count). The summed E-state index contributed by atoms with van der Waals surface area (Å²) in [6.45, 7) is 1.75. The van der Waals surface area contributed by atoms with Crippen LogP contribution in [-0.2, 0) is 14.9 Å². The predicted octanol–water partition coefficient (Wildman–Crippen LogP) is 2.82. The lowest BCUT2D eigenvalue weighted by Gasteiger charge is -2.17. The summed E-state index contributed by atoms with van der Waals surface area (Å²) >= 11 is 1.06. The Kier molecular flexibility index (Phi) is 5.43. The number of benzene rings is 1. The summed E-state index contributed by atoms with van der Waals surface area (Å²) in [5.41, 5.74) is 6.68. The monoisotopic (exact) mass is 404 g/mol. The van der Waals surface area contributed by atoms with Crippen LogP contribution >= 0.6 is 11.3 Å². The fraction of sp³-hybridized carbons (Fsp3) is 0.111. The molecule has 0 saturated heterocycles. The van der Waals surface area contributed by atoms with E-state index in [2.05, 4.69) is 4.98 Å². The highest BCUT2D eigenvalue weighted by Gasteiger charge is 2.22. The number of hydrogen-bond donors (Lipinski definition) is 1. The van der Waals surface area contributed by atoms with Crippen molar-refractivity contribution in [3.8, 4) is 11.5 Å². The molecule has 9 heteroatoms. The minimum Gasteiger partial charge on any atom is -0.476 e. The van der Waals surface area contributed by atoms with Crippen LogP contribution in [0.2, 0.25) is 0 Å². The minimum atomic E-state index is -3.94. The summed E-state index contributed by atoms with van der Waals surface area (Å²) in [6, 6.07) is 10.9. The van der Waals surface area contributed by atoms with E-state index in [1.165, 1.54) is 24.5 Å². The van der Waals surface area contributed by atoms with Gasteiger partial charge in [0.05, 0.1) is 0 Å². The Hall–Kier alpha value is -2.91. The smallest absolute Gasteiger partial charge is 0.348 e. The zero-order valence-electron chi connectivity index (χ0n) is 14.2. The van der Waals surface area contributed by atoms with E-state index < -0.39 is 22.1 Å². The minimum absolute atomic E-state index is 0.0800. The SMILES string of the molecule is Cc1cc(OC(C(N)=O)c2ccncc2)cc(OS(=O)(=O)c2cccs2)c1. The number of pyridine rings is 1. The number of nitrogens with zero attached hydrogens (tertiary/aromatic N) is 1. The van der Waals surface area contributed by atoms with Crippen molar-refractivity contribution >= 4 is 27.4 Å². The molecule has 0 bridgehead atoms. The summed E-state index contributed by atoms with van der Waals surface area (Å²) < 4.78 is 35.6. The molecule has 0 spiro atoms. The fourth-order valence-electron chi connectivity index (χ4n) is 2.37. The first-order chi connectivity index (χ1) is 12.8. The van der Waals surface area contributed by atoms with Crippen LogP contribution in [0.1, 0.15) is 17.2 Å². The number of ether oxygens (including phenoxy) is 1. The third-order valence-corrected chi connectivity index (χ3v) is 6.10. The molecule has 0 radical (unpaired) electrons. The Morgan fingerprint density at radius 3 is 2.48 bits per heavy atom. The van der Waals surface area contributed by atoms with Gasteiger partial charge in [0.25, 0.3) is 5.91 Å². The van der Waals surface area contributed by atoms with Gasteiger partial charge in [-0.3, -0.25) is 9.78 Å². The van der Waals surface area contributed by atoms with Gasteiger partial charge >= 0.3 is 10.1 Å². The molecule has 0 aliphatic heterocycles. The van der Waals surface area contributed by atoms with Crippen molar-refractivity contribution < 1.29 is 22.1 Å². The molecule has 140 valence electrons. The summed E-state index contributed by atoms with van der Waals surface area (Å²) in [6.07, 6.45) is 2.00. The van der Waals surface area contributed by atoms with Crippen molar-refractivity contribution in [1.82, 2.24) is 4.98 Å². The molecule has 1 aromatic carbocycles. The molecule has 2 aromatic heterocycles. The lowest BCUT2D eigenvalue weighted by atomic mass is 10.1. The molecular formula is C18H16N2O5S2. The van der Waals surface area contributed by atoms with Crippen molar-refractivity contribution in [3.05, 3.63) is 71.4 Å². The van der Waals surface area contributed by atoms with Gasteiger partial charge in [-0.1, -0.05) is 6.07 Å². The number of aromatic nitrogens is 1. The number of hydrogen-bond acceptors (Lipinski definition) is 7. The topological polar surface area (TPSA) is 109 Å².